The molecule has 0 spiro atoms. The number of alkyl carbamates (subject to hydrolysis) is 1. The molecule has 0 saturated carbocycles. The van der Waals surface area contributed by atoms with Gasteiger partial charge in [-0.25, -0.2) is 9.78 Å². The topological polar surface area (TPSA) is 68.2 Å². The van der Waals surface area contributed by atoms with Crippen molar-refractivity contribution < 1.29 is 9.53 Å². The van der Waals surface area contributed by atoms with Gasteiger partial charge in [0.1, 0.15) is 5.60 Å². The fraction of sp³-hybridized carbons (Fsp3) is 0.750. The lowest BCUT2D eigenvalue weighted by Crippen LogP contribution is -2.55. The Morgan fingerprint density at radius 3 is 2.45 bits per heavy atom. The van der Waals surface area contributed by atoms with E-state index in [9.17, 15) is 4.79 Å². The number of aryl methyl sites for hydroxylation is 1. The zero-order valence-corrected chi connectivity index (χ0v) is 14.9. The van der Waals surface area contributed by atoms with Gasteiger partial charge in [0.05, 0.1) is 12.0 Å². The van der Waals surface area contributed by atoms with Crippen LogP contribution in [0.3, 0.4) is 0 Å². The van der Waals surface area contributed by atoms with Crippen molar-refractivity contribution in [1.29, 1.82) is 0 Å². The smallest absolute Gasteiger partial charge is 0.407 e. The molecule has 0 radical (unpaired) electrons. The summed E-state index contributed by atoms with van der Waals surface area (Å²) in [5, 5.41) is 6.39. The van der Waals surface area contributed by atoms with Gasteiger partial charge in [-0.1, -0.05) is 13.8 Å². The van der Waals surface area contributed by atoms with Gasteiger partial charge >= 0.3 is 6.09 Å². The minimum atomic E-state index is -0.486. The standard InChI is InChI=1S/C16H30N4O2/c1-12(2)16(6,10-18-14(21)22-15(3,4)5)19-9-13-8-17-11-20(13)7/h8,11-12,19H,9-10H2,1-7H3,(H,18,21). The molecule has 1 rings (SSSR count). The van der Waals surface area contributed by atoms with Crippen molar-refractivity contribution in [1.82, 2.24) is 20.2 Å². The Balaban J connectivity index is 2.59. The summed E-state index contributed by atoms with van der Waals surface area (Å²) in [6.07, 6.45) is 3.24. The van der Waals surface area contributed by atoms with E-state index in [0.717, 1.165) is 5.69 Å². The Labute approximate surface area is 133 Å². The highest BCUT2D eigenvalue weighted by Crippen LogP contribution is 2.17. The summed E-state index contributed by atoms with van der Waals surface area (Å²) >= 11 is 0. The number of amides is 1. The molecule has 0 aliphatic heterocycles. The van der Waals surface area contributed by atoms with Gasteiger partial charge in [-0.2, -0.15) is 0 Å². The molecule has 0 fully saturated rings. The predicted octanol–water partition coefficient (Wildman–Crippen LogP) is 2.45. The number of rotatable bonds is 6. The largest absolute Gasteiger partial charge is 0.444 e. The maximum absolute atomic E-state index is 11.8. The Morgan fingerprint density at radius 2 is 2.00 bits per heavy atom. The first-order chi connectivity index (χ1) is 10.0. The van der Waals surface area contributed by atoms with E-state index < -0.39 is 5.60 Å². The van der Waals surface area contributed by atoms with Crippen molar-refractivity contribution >= 4 is 6.09 Å². The number of carbonyl (C=O) groups is 1. The predicted molar refractivity (Wildman–Crippen MR) is 87.5 cm³/mol. The summed E-state index contributed by atoms with van der Waals surface area (Å²) < 4.78 is 7.27. The Kier molecular flexibility index (Phi) is 6.00. The van der Waals surface area contributed by atoms with Crippen LogP contribution in [-0.2, 0) is 18.3 Å². The van der Waals surface area contributed by atoms with Crippen molar-refractivity contribution in [3.05, 3.63) is 18.2 Å². The van der Waals surface area contributed by atoms with Gasteiger partial charge in [-0.3, -0.25) is 0 Å². The van der Waals surface area contributed by atoms with Gasteiger partial charge < -0.3 is 19.9 Å². The maximum atomic E-state index is 11.8. The number of ether oxygens (including phenoxy) is 1. The number of imidazole rings is 1. The van der Waals surface area contributed by atoms with E-state index in [0.29, 0.717) is 19.0 Å². The number of nitrogens with zero attached hydrogens (tertiary/aromatic N) is 2. The molecule has 22 heavy (non-hydrogen) atoms. The second-order valence-corrected chi connectivity index (χ2v) is 7.28. The van der Waals surface area contributed by atoms with Gasteiger partial charge in [-0.15, -0.1) is 0 Å². The van der Waals surface area contributed by atoms with E-state index >= 15 is 0 Å². The van der Waals surface area contributed by atoms with Gasteiger partial charge in [0.25, 0.3) is 0 Å². The van der Waals surface area contributed by atoms with E-state index in [4.69, 9.17) is 4.74 Å². The molecule has 0 saturated heterocycles. The summed E-state index contributed by atoms with van der Waals surface area (Å²) in [4.78, 5) is 16.0. The highest BCUT2D eigenvalue weighted by molar-refractivity contribution is 5.67. The van der Waals surface area contributed by atoms with Crippen molar-refractivity contribution in [3.8, 4) is 0 Å². The molecule has 1 heterocycles. The van der Waals surface area contributed by atoms with Crippen LogP contribution < -0.4 is 10.6 Å². The lowest BCUT2D eigenvalue weighted by molar-refractivity contribution is 0.0503. The van der Waals surface area contributed by atoms with Crippen molar-refractivity contribution in [2.45, 2.75) is 59.2 Å². The molecule has 0 bridgehead atoms. The average Bonchev–Trinajstić information content (AvgIpc) is 2.77. The highest BCUT2D eigenvalue weighted by Gasteiger charge is 2.29. The van der Waals surface area contributed by atoms with Crippen LogP contribution in [0.4, 0.5) is 4.79 Å². The third-order valence-electron chi connectivity index (χ3n) is 3.86. The zero-order valence-electron chi connectivity index (χ0n) is 14.9. The molecule has 0 aliphatic carbocycles. The summed E-state index contributed by atoms with van der Waals surface area (Å²) in [5.41, 5.74) is 0.380. The fourth-order valence-corrected chi connectivity index (χ4v) is 1.89. The number of aromatic nitrogens is 2. The maximum Gasteiger partial charge on any atom is 0.407 e. The van der Waals surface area contributed by atoms with Crippen LogP contribution in [0.1, 0.15) is 47.2 Å². The third kappa shape index (κ3) is 5.67. The molecule has 0 aromatic carbocycles. The molecule has 1 aromatic rings. The van der Waals surface area contributed by atoms with Gasteiger partial charge in [-0.05, 0) is 33.6 Å². The van der Waals surface area contributed by atoms with Crippen LogP contribution in [0.25, 0.3) is 0 Å². The van der Waals surface area contributed by atoms with Crippen LogP contribution in [-0.4, -0.2) is 33.3 Å². The number of nitrogens with one attached hydrogen (secondary N) is 2. The molecule has 1 atom stereocenters. The van der Waals surface area contributed by atoms with Crippen LogP contribution in [0.2, 0.25) is 0 Å². The Morgan fingerprint density at radius 1 is 1.36 bits per heavy atom. The average molecular weight is 310 g/mol. The highest BCUT2D eigenvalue weighted by atomic mass is 16.6. The van der Waals surface area contributed by atoms with Crippen LogP contribution in [0.5, 0.6) is 0 Å². The van der Waals surface area contributed by atoms with Crippen LogP contribution >= 0.6 is 0 Å². The molecular weight excluding hydrogens is 280 g/mol. The Bertz CT molecular complexity index is 491. The normalized spacial score (nSPS) is 14.7. The lowest BCUT2D eigenvalue weighted by Gasteiger charge is -2.35. The number of carbonyl (C=O) groups excluding carboxylic acids is 1. The molecule has 6 heteroatoms. The first-order valence-electron chi connectivity index (χ1n) is 7.70. The number of hydrogen-bond donors (Lipinski definition) is 2. The van der Waals surface area contributed by atoms with E-state index in [1.807, 2.05) is 38.6 Å². The van der Waals surface area contributed by atoms with E-state index in [2.05, 4.69) is 36.4 Å². The monoisotopic (exact) mass is 310 g/mol. The lowest BCUT2D eigenvalue weighted by atomic mass is 9.88. The minimum Gasteiger partial charge on any atom is -0.444 e. The summed E-state index contributed by atoms with van der Waals surface area (Å²) in [6.45, 7) is 13.1. The summed E-state index contributed by atoms with van der Waals surface area (Å²) in [6, 6.07) is 0. The Hall–Kier alpha value is -1.56. The molecule has 1 aromatic heterocycles. The number of hydrogen-bond acceptors (Lipinski definition) is 4. The molecule has 2 N–H and O–H groups in total. The van der Waals surface area contributed by atoms with Crippen molar-refractivity contribution in [2.75, 3.05) is 6.54 Å². The molecule has 0 aliphatic rings. The molecule has 1 unspecified atom stereocenters. The van der Waals surface area contributed by atoms with Crippen molar-refractivity contribution in [2.24, 2.45) is 13.0 Å². The summed E-state index contributed by atoms with van der Waals surface area (Å²) in [5.74, 6) is 0.343. The molecule has 6 nitrogen and oxygen atoms in total. The first kappa shape index (κ1) is 18.5. The van der Waals surface area contributed by atoms with Crippen molar-refractivity contribution in [3.63, 3.8) is 0 Å². The first-order valence-corrected chi connectivity index (χ1v) is 7.70. The second-order valence-electron chi connectivity index (χ2n) is 7.28. The van der Waals surface area contributed by atoms with E-state index in [-0.39, 0.29) is 11.6 Å². The van der Waals surface area contributed by atoms with Gasteiger partial charge in [0, 0.05) is 31.9 Å². The molecule has 126 valence electrons. The van der Waals surface area contributed by atoms with Crippen LogP contribution in [0.15, 0.2) is 12.5 Å². The second kappa shape index (κ2) is 7.13. The molecule has 1 amide bonds. The minimum absolute atomic E-state index is 0.235. The van der Waals surface area contributed by atoms with Gasteiger partial charge in [0.15, 0.2) is 0 Å². The van der Waals surface area contributed by atoms with E-state index in [1.54, 1.807) is 6.33 Å². The quantitative estimate of drug-likeness (QED) is 0.847. The van der Waals surface area contributed by atoms with Crippen LogP contribution in [0, 0.1) is 5.92 Å². The third-order valence-corrected chi connectivity index (χ3v) is 3.86. The SMILES string of the molecule is CC(C)C(C)(CNC(=O)OC(C)(C)C)NCc1cncn1C. The van der Waals surface area contributed by atoms with E-state index in [1.165, 1.54) is 0 Å². The summed E-state index contributed by atoms with van der Waals surface area (Å²) in [7, 11) is 1.97. The van der Waals surface area contributed by atoms with Gasteiger partial charge in [0.2, 0.25) is 0 Å². The molecular formula is C16H30N4O2. The zero-order chi connectivity index (χ0) is 17.0. The fourth-order valence-electron chi connectivity index (χ4n) is 1.89.